The van der Waals surface area contributed by atoms with Crippen LogP contribution in [0.3, 0.4) is 0 Å². The molecule has 7 nitrogen and oxygen atoms in total. The van der Waals surface area contributed by atoms with Crippen molar-refractivity contribution in [3.63, 3.8) is 0 Å². The number of rotatable bonds is 6. The Labute approximate surface area is 183 Å². The molecule has 9 heteroatoms. The number of amides is 1. The highest BCUT2D eigenvalue weighted by atomic mass is 35.5. The molecule has 0 unspecified atom stereocenters. The number of hydrogen-bond acceptors (Lipinski definition) is 4. The standard InChI is InChI=1S/C22H21ClFN5O2/c1-11(20-18(31-3)5-4-16(24)21(20)23)14-9-27-22-13(14)6-12(8-26-22)15-10-28-29(2)17(15)7-19(25)30/h4-6,8-11H,7H2,1-3H3,(H2,25,30)(H,26,27)/t11-/m0/s1. The van der Waals surface area contributed by atoms with E-state index in [1.165, 1.54) is 13.2 Å². The van der Waals surface area contributed by atoms with Crippen molar-refractivity contribution in [3.8, 4) is 16.9 Å². The molecule has 3 N–H and O–H groups in total. The van der Waals surface area contributed by atoms with Gasteiger partial charge in [0.25, 0.3) is 0 Å². The van der Waals surface area contributed by atoms with Crippen molar-refractivity contribution < 1.29 is 13.9 Å². The topological polar surface area (TPSA) is 98.8 Å². The lowest BCUT2D eigenvalue weighted by Crippen LogP contribution is -2.16. The van der Waals surface area contributed by atoms with Crippen molar-refractivity contribution in [2.45, 2.75) is 19.3 Å². The number of hydrogen-bond donors (Lipinski definition) is 2. The summed E-state index contributed by atoms with van der Waals surface area (Å²) in [4.78, 5) is 19.2. The lowest BCUT2D eigenvalue weighted by molar-refractivity contribution is -0.117. The van der Waals surface area contributed by atoms with Crippen LogP contribution < -0.4 is 10.5 Å². The summed E-state index contributed by atoms with van der Waals surface area (Å²) in [5.41, 5.74) is 9.80. The number of halogens is 2. The monoisotopic (exact) mass is 441 g/mol. The molecule has 3 heterocycles. The first-order chi connectivity index (χ1) is 14.8. The van der Waals surface area contributed by atoms with E-state index >= 15 is 0 Å². The van der Waals surface area contributed by atoms with Crippen LogP contribution >= 0.6 is 11.6 Å². The van der Waals surface area contributed by atoms with Crippen LogP contribution in [0.4, 0.5) is 4.39 Å². The van der Waals surface area contributed by atoms with Crippen LogP contribution in [-0.4, -0.2) is 32.8 Å². The second kappa shape index (κ2) is 8.03. The molecule has 0 bridgehead atoms. The number of pyridine rings is 1. The van der Waals surface area contributed by atoms with Crippen molar-refractivity contribution in [2.75, 3.05) is 7.11 Å². The summed E-state index contributed by atoms with van der Waals surface area (Å²) in [6.07, 6.45) is 5.30. The summed E-state index contributed by atoms with van der Waals surface area (Å²) in [5.74, 6) is -0.714. The Morgan fingerprint density at radius 1 is 1.39 bits per heavy atom. The Hall–Kier alpha value is -3.39. The average Bonchev–Trinajstić information content (AvgIpc) is 3.32. The first kappa shape index (κ1) is 20.9. The summed E-state index contributed by atoms with van der Waals surface area (Å²) >= 11 is 6.30. The van der Waals surface area contributed by atoms with E-state index in [0.29, 0.717) is 22.7 Å². The molecule has 0 radical (unpaired) electrons. The molecular weight excluding hydrogens is 421 g/mol. The molecule has 0 saturated carbocycles. The van der Waals surface area contributed by atoms with Crippen LogP contribution in [0, 0.1) is 5.82 Å². The van der Waals surface area contributed by atoms with Gasteiger partial charge in [-0.3, -0.25) is 9.48 Å². The molecule has 3 aromatic heterocycles. The van der Waals surface area contributed by atoms with Gasteiger partial charge in [-0.2, -0.15) is 5.10 Å². The maximum Gasteiger partial charge on any atom is 0.223 e. The second-order valence-electron chi connectivity index (χ2n) is 7.33. The van der Waals surface area contributed by atoms with E-state index in [1.807, 2.05) is 19.2 Å². The molecule has 4 aromatic rings. The number of methoxy groups -OCH3 is 1. The van der Waals surface area contributed by atoms with Crippen LogP contribution in [0.1, 0.15) is 29.7 Å². The van der Waals surface area contributed by atoms with E-state index in [1.54, 1.807) is 30.2 Å². The van der Waals surface area contributed by atoms with E-state index in [2.05, 4.69) is 15.1 Å². The Morgan fingerprint density at radius 2 is 2.16 bits per heavy atom. The highest BCUT2D eigenvalue weighted by Crippen LogP contribution is 2.41. The number of primary amides is 1. The van der Waals surface area contributed by atoms with E-state index in [0.717, 1.165) is 22.1 Å². The zero-order chi connectivity index (χ0) is 22.3. The fraction of sp³-hybridized carbons (Fsp3) is 0.227. The molecule has 0 aliphatic carbocycles. The van der Waals surface area contributed by atoms with Gasteiger partial charge >= 0.3 is 0 Å². The molecule has 1 atom stereocenters. The first-order valence-corrected chi connectivity index (χ1v) is 9.98. The molecule has 0 saturated heterocycles. The zero-order valence-electron chi connectivity index (χ0n) is 17.2. The number of nitrogens with zero attached hydrogens (tertiary/aromatic N) is 3. The van der Waals surface area contributed by atoms with Crippen LogP contribution in [0.25, 0.3) is 22.2 Å². The number of fused-ring (bicyclic) bond motifs is 1. The second-order valence-corrected chi connectivity index (χ2v) is 7.71. The number of carbonyl (C=O) groups excluding carboxylic acids is 1. The summed E-state index contributed by atoms with van der Waals surface area (Å²) in [6, 6.07) is 4.82. The zero-order valence-corrected chi connectivity index (χ0v) is 18.0. The summed E-state index contributed by atoms with van der Waals surface area (Å²) in [5, 5.41) is 5.14. The SMILES string of the molecule is COc1ccc(F)c(Cl)c1[C@@H](C)c1c[nH]c2ncc(-c3cnn(C)c3CC(N)=O)cc12. The van der Waals surface area contributed by atoms with E-state index < -0.39 is 11.7 Å². The normalized spacial score (nSPS) is 12.3. The quantitative estimate of drug-likeness (QED) is 0.473. The number of H-pyrrole nitrogens is 1. The fourth-order valence-corrected chi connectivity index (χ4v) is 4.21. The van der Waals surface area contributed by atoms with Gasteiger partial charge in [-0.05, 0) is 23.8 Å². The number of nitrogens with one attached hydrogen (secondary N) is 1. The van der Waals surface area contributed by atoms with Crippen molar-refractivity contribution in [1.29, 1.82) is 0 Å². The fourth-order valence-electron chi connectivity index (χ4n) is 3.89. The Kier molecular flexibility index (Phi) is 5.41. The summed E-state index contributed by atoms with van der Waals surface area (Å²) < 4.78 is 21.2. The van der Waals surface area contributed by atoms with Crippen LogP contribution in [0.15, 0.2) is 36.8 Å². The van der Waals surface area contributed by atoms with Gasteiger partial charge < -0.3 is 15.5 Å². The molecule has 4 rings (SSSR count). The van der Waals surface area contributed by atoms with Gasteiger partial charge in [0.15, 0.2) is 0 Å². The minimum atomic E-state index is -0.505. The first-order valence-electron chi connectivity index (χ1n) is 9.60. The minimum Gasteiger partial charge on any atom is -0.496 e. The van der Waals surface area contributed by atoms with E-state index in [4.69, 9.17) is 22.1 Å². The molecule has 160 valence electrons. The number of carbonyl (C=O) groups is 1. The molecule has 0 fully saturated rings. The summed E-state index contributed by atoms with van der Waals surface area (Å²) in [6.45, 7) is 1.93. The predicted octanol–water partition coefficient (Wildman–Crippen LogP) is 3.94. The third-order valence-electron chi connectivity index (χ3n) is 5.49. The van der Waals surface area contributed by atoms with Gasteiger partial charge in [-0.15, -0.1) is 0 Å². The van der Waals surface area contributed by atoms with Crippen LogP contribution in [0.5, 0.6) is 5.75 Å². The van der Waals surface area contributed by atoms with Gasteiger partial charge in [0, 0.05) is 47.4 Å². The molecule has 0 spiro atoms. The van der Waals surface area contributed by atoms with Gasteiger partial charge in [-0.25, -0.2) is 9.37 Å². The third kappa shape index (κ3) is 3.63. The molecule has 0 aliphatic heterocycles. The van der Waals surface area contributed by atoms with Crippen molar-refractivity contribution >= 4 is 28.5 Å². The molecular formula is C22H21ClFN5O2. The van der Waals surface area contributed by atoms with Gasteiger partial charge in [0.1, 0.15) is 17.2 Å². The average molecular weight is 442 g/mol. The maximum atomic E-state index is 14.2. The Bertz CT molecular complexity index is 1300. The molecule has 1 aromatic carbocycles. The smallest absolute Gasteiger partial charge is 0.223 e. The van der Waals surface area contributed by atoms with E-state index in [9.17, 15) is 9.18 Å². The van der Waals surface area contributed by atoms with Crippen molar-refractivity contribution in [2.24, 2.45) is 12.8 Å². The highest BCUT2D eigenvalue weighted by molar-refractivity contribution is 6.31. The summed E-state index contributed by atoms with van der Waals surface area (Å²) in [7, 11) is 3.28. The largest absolute Gasteiger partial charge is 0.496 e. The molecule has 1 amide bonds. The number of nitrogens with two attached hydrogens (primary N) is 1. The van der Waals surface area contributed by atoms with Gasteiger partial charge in [0.2, 0.25) is 5.91 Å². The number of benzene rings is 1. The number of aromatic amines is 1. The van der Waals surface area contributed by atoms with Crippen LogP contribution in [-0.2, 0) is 18.3 Å². The maximum absolute atomic E-state index is 14.2. The van der Waals surface area contributed by atoms with Gasteiger partial charge in [-0.1, -0.05) is 18.5 Å². The lowest BCUT2D eigenvalue weighted by atomic mass is 9.91. The highest BCUT2D eigenvalue weighted by Gasteiger charge is 2.23. The number of aryl methyl sites for hydroxylation is 1. The van der Waals surface area contributed by atoms with Crippen molar-refractivity contribution in [1.82, 2.24) is 19.7 Å². The lowest BCUT2D eigenvalue weighted by Gasteiger charge is -2.17. The molecule has 31 heavy (non-hydrogen) atoms. The van der Waals surface area contributed by atoms with Crippen LogP contribution in [0.2, 0.25) is 5.02 Å². The molecule has 0 aliphatic rings. The van der Waals surface area contributed by atoms with Crippen molar-refractivity contribution in [3.05, 3.63) is 64.5 Å². The van der Waals surface area contributed by atoms with E-state index in [-0.39, 0.29) is 17.4 Å². The predicted molar refractivity (Wildman–Crippen MR) is 117 cm³/mol. The number of aromatic nitrogens is 4. The number of ether oxygens (including phenoxy) is 1. The Balaban J connectivity index is 1.85. The minimum absolute atomic E-state index is 0.0290. The third-order valence-corrected chi connectivity index (χ3v) is 5.87. The van der Waals surface area contributed by atoms with Gasteiger partial charge in [0.05, 0.1) is 30.4 Å². The Morgan fingerprint density at radius 3 is 2.87 bits per heavy atom.